The van der Waals surface area contributed by atoms with Gasteiger partial charge in [0.1, 0.15) is 0 Å². The van der Waals surface area contributed by atoms with E-state index in [1.54, 1.807) is 6.92 Å². The molecule has 1 saturated heterocycles. The van der Waals surface area contributed by atoms with E-state index in [4.69, 9.17) is 0 Å². The molecule has 1 N–H and O–H groups in total. The lowest BCUT2D eigenvalue weighted by Crippen LogP contribution is -2.40. The number of carbonyl (C=O) groups is 2. The first-order valence-corrected chi connectivity index (χ1v) is 9.90. The maximum atomic E-state index is 12.7. The molecule has 142 valence electrons. The number of rotatable bonds is 6. The average Bonchev–Trinajstić information content (AvgIpc) is 3.00. The van der Waals surface area contributed by atoms with Crippen LogP contribution in [0.25, 0.3) is 0 Å². The number of nitrogens with one attached hydrogen (secondary N) is 1. The SMILES string of the molecule is CCC[C@H]1CN(CCC(=O)N2CCc3ccccc3C2)C[C@@H]1NC(C)=O. The van der Waals surface area contributed by atoms with Crippen LogP contribution in [-0.2, 0) is 22.6 Å². The molecule has 0 aromatic heterocycles. The van der Waals surface area contributed by atoms with Crippen LogP contribution in [0.2, 0.25) is 0 Å². The van der Waals surface area contributed by atoms with E-state index >= 15 is 0 Å². The van der Waals surface area contributed by atoms with Gasteiger partial charge < -0.3 is 15.1 Å². The van der Waals surface area contributed by atoms with Crippen LogP contribution in [0.5, 0.6) is 0 Å². The van der Waals surface area contributed by atoms with Crippen LogP contribution in [0.3, 0.4) is 0 Å². The van der Waals surface area contributed by atoms with Gasteiger partial charge in [0.05, 0.1) is 0 Å². The van der Waals surface area contributed by atoms with Crippen LogP contribution in [0, 0.1) is 5.92 Å². The minimum absolute atomic E-state index is 0.0426. The molecule has 5 nitrogen and oxygen atoms in total. The predicted octanol–water partition coefficient (Wildman–Crippen LogP) is 2.20. The van der Waals surface area contributed by atoms with Crippen LogP contribution in [0.15, 0.2) is 24.3 Å². The number of likely N-dealkylation sites (tertiary alicyclic amines) is 1. The Balaban J connectivity index is 1.49. The quantitative estimate of drug-likeness (QED) is 0.849. The second-order valence-corrected chi connectivity index (χ2v) is 7.70. The largest absolute Gasteiger partial charge is 0.352 e. The second-order valence-electron chi connectivity index (χ2n) is 7.70. The van der Waals surface area contributed by atoms with Gasteiger partial charge >= 0.3 is 0 Å². The van der Waals surface area contributed by atoms with E-state index in [2.05, 4.69) is 35.3 Å². The highest BCUT2D eigenvalue weighted by Gasteiger charge is 2.32. The van der Waals surface area contributed by atoms with Crippen molar-refractivity contribution in [3.8, 4) is 0 Å². The Kier molecular flexibility index (Phi) is 6.30. The number of nitrogens with zero attached hydrogens (tertiary/aromatic N) is 2. The molecule has 0 unspecified atom stereocenters. The van der Waals surface area contributed by atoms with Crippen molar-refractivity contribution < 1.29 is 9.59 Å². The first-order valence-electron chi connectivity index (χ1n) is 9.90. The summed E-state index contributed by atoms with van der Waals surface area (Å²) in [7, 11) is 0. The van der Waals surface area contributed by atoms with E-state index in [1.807, 2.05) is 11.0 Å². The van der Waals surface area contributed by atoms with Crippen molar-refractivity contribution in [3.63, 3.8) is 0 Å². The molecule has 2 aliphatic heterocycles. The van der Waals surface area contributed by atoms with Crippen molar-refractivity contribution >= 4 is 11.8 Å². The lowest BCUT2D eigenvalue weighted by atomic mass is 9.98. The molecule has 0 bridgehead atoms. The van der Waals surface area contributed by atoms with Gasteiger partial charge in [-0.3, -0.25) is 9.59 Å². The van der Waals surface area contributed by atoms with E-state index in [-0.39, 0.29) is 17.9 Å². The van der Waals surface area contributed by atoms with Crippen molar-refractivity contribution in [2.24, 2.45) is 5.92 Å². The van der Waals surface area contributed by atoms with Crippen molar-refractivity contribution in [2.75, 3.05) is 26.2 Å². The Bertz CT molecular complexity index is 646. The van der Waals surface area contributed by atoms with Gasteiger partial charge in [0.2, 0.25) is 11.8 Å². The predicted molar refractivity (Wildman–Crippen MR) is 103 cm³/mol. The zero-order valence-electron chi connectivity index (χ0n) is 16.0. The summed E-state index contributed by atoms with van der Waals surface area (Å²) in [5.41, 5.74) is 2.65. The summed E-state index contributed by atoms with van der Waals surface area (Å²) in [5, 5.41) is 3.09. The van der Waals surface area contributed by atoms with Gasteiger partial charge in [-0.15, -0.1) is 0 Å². The third kappa shape index (κ3) is 4.64. The maximum absolute atomic E-state index is 12.7. The molecular formula is C21H31N3O2. The van der Waals surface area contributed by atoms with Gasteiger partial charge in [-0.05, 0) is 29.9 Å². The van der Waals surface area contributed by atoms with E-state index in [0.29, 0.717) is 12.3 Å². The van der Waals surface area contributed by atoms with Crippen LogP contribution < -0.4 is 5.32 Å². The molecule has 0 radical (unpaired) electrons. The lowest BCUT2D eigenvalue weighted by molar-refractivity contribution is -0.132. The van der Waals surface area contributed by atoms with Gasteiger partial charge in [-0.25, -0.2) is 0 Å². The van der Waals surface area contributed by atoms with Gasteiger partial charge in [0.25, 0.3) is 0 Å². The summed E-state index contributed by atoms with van der Waals surface area (Å²) in [4.78, 5) is 28.4. The monoisotopic (exact) mass is 357 g/mol. The van der Waals surface area contributed by atoms with Gasteiger partial charge in [0, 0.05) is 52.1 Å². The van der Waals surface area contributed by atoms with E-state index in [1.165, 1.54) is 11.1 Å². The molecule has 1 aromatic carbocycles. The molecule has 1 aromatic rings. The molecule has 2 aliphatic rings. The zero-order valence-corrected chi connectivity index (χ0v) is 16.0. The van der Waals surface area contributed by atoms with E-state index in [0.717, 1.165) is 52.0 Å². The summed E-state index contributed by atoms with van der Waals surface area (Å²) < 4.78 is 0. The average molecular weight is 357 g/mol. The Morgan fingerprint density at radius 1 is 1.19 bits per heavy atom. The van der Waals surface area contributed by atoms with Gasteiger partial charge in [-0.2, -0.15) is 0 Å². The Labute approximate surface area is 156 Å². The lowest BCUT2D eigenvalue weighted by Gasteiger charge is -2.29. The summed E-state index contributed by atoms with van der Waals surface area (Å²) in [6.45, 7) is 7.96. The second kappa shape index (κ2) is 8.67. The normalized spacial score (nSPS) is 22.9. The van der Waals surface area contributed by atoms with Crippen LogP contribution in [-0.4, -0.2) is 53.8 Å². The van der Waals surface area contributed by atoms with Gasteiger partial charge in [0.15, 0.2) is 0 Å². The number of hydrogen-bond donors (Lipinski definition) is 1. The van der Waals surface area contributed by atoms with Crippen molar-refractivity contribution in [1.82, 2.24) is 15.1 Å². The van der Waals surface area contributed by atoms with Crippen molar-refractivity contribution in [1.29, 1.82) is 0 Å². The summed E-state index contributed by atoms with van der Waals surface area (Å²) in [6, 6.07) is 8.64. The topological polar surface area (TPSA) is 52.7 Å². The Morgan fingerprint density at radius 3 is 2.69 bits per heavy atom. The number of fused-ring (bicyclic) bond motifs is 1. The first-order chi connectivity index (χ1) is 12.6. The third-order valence-electron chi connectivity index (χ3n) is 5.69. The molecule has 2 heterocycles. The molecule has 0 aliphatic carbocycles. The summed E-state index contributed by atoms with van der Waals surface area (Å²) in [5.74, 6) is 0.788. The molecule has 3 rings (SSSR count). The standard InChI is InChI=1S/C21H31N3O2/c1-3-6-19-13-23(15-20(19)22-16(2)25)11-10-21(26)24-12-9-17-7-4-5-8-18(17)14-24/h4-5,7-8,19-20H,3,6,9-15H2,1-2H3,(H,22,25)/t19-,20-/m0/s1. The Hall–Kier alpha value is -1.88. The van der Waals surface area contributed by atoms with Gasteiger partial charge in [-0.1, -0.05) is 37.6 Å². The fourth-order valence-corrected chi connectivity index (χ4v) is 4.35. The van der Waals surface area contributed by atoms with Crippen molar-refractivity contribution in [2.45, 2.75) is 52.1 Å². The molecule has 2 atom stereocenters. The number of carbonyl (C=O) groups excluding carboxylic acids is 2. The fourth-order valence-electron chi connectivity index (χ4n) is 4.35. The molecule has 2 amide bonds. The number of hydrogen-bond acceptors (Lipinski definition) is 3. The van der Waals surface area contributed by atoms with E-state index < -0.39 is 0 Å². The fraction of sp³-hybridized carbons (Fsp3) is 0.619. The Morgan fingerprint density at radius 2 is 1.96 bits per heavy atom. The van der Waals surface area contributed by atoms with E-state index in [9.17, 15) is 9.59 Å². The van der Waals surface area contributed by atoms with Crippen LogP contribution in [0.4, 0.5) is 0 Å². The minimum atomic E-state index is 0.0426. The highest BCUT2D eigenvalue weighted by Crippen LogP contribution is 2.23. The highest BCUT2D eigenvalue weighted by atomic mass is 16.2. The maximum Gasteiger partial charge on any atom is 0.224 e. The molecule has 0 spiro atoms. The zero-order chi connectivity index (χ0) is 18.5. The molecule has 5 heteroatoms. The smallest absolute Gasteiger partial charge is 0.224 e. The van der Waals surface area contributed by atoms with Crippen LogP contribution >= 0.6 is 0 Å². The minimum Gasteiger partial charge on any atom is -0.352 e. The molecule has 26 heavy (non-hydrogen) atoms. The third-order valence-corrected chi connectivity index (χ3v) is 5.69. The molecule has 0 saturated carbocycles. The highest BCUT2D eigenvalue weighted by molar-refractivity contribution is 5.76. The van der Waals surface area contributed by atoms with Crippen molar-refractivity contribution in [3.05, 3.63) is 35.4 Å². The molecule has 1 fully saturated rings. The number of benzene rings is 1. The molecular weight excluding hydrogens is 326 g/mol. The summed E-state index contributed by atoms with van der Waals surface area (Å²) in [6.07, 6.45) is 3.77. The summed E-state index contributed by atoms with van der Waals surface area (Å²) >= 11 is 0. The first kappa shape index (κ1) is 18.9. The van der Waals surface area contributed by atoms with Crippen LogP contribution in [0.1, 0.15) is 44.2 Å². The number of amides is 2.